The van der Waals surface area contributed by atoms with Crippen LogP contribution in [0.3, 0.4) is 0 Å². The van der Waals surface area contributed by atoms with E-state index in [1.165, 1.54) is 17.5 Å². The monoisotopic (exact) mass is 235 g/mol. The largest absolute Gasteiger partial charge is 0.381 e. The van der Waals surface area contributed by atoms with E-state index in [1.807, 2.05) is 0 Å². The molecule has 0 spiro atoms. The van der Waals surface area contributed by atoms with Crippen molar-refractivity contribution in [1.29, 1.82) is 0 Å². The van der Waals surface area contributed by atoms with Crippen LogP contribution in [0.4, 0.5) is 0 Å². The van der Waals surface area contributed by atoms with Gasteiger partial charge in [-0.05, 0) is 17.5 Å². The summed E-state index contributed by atoms with van der Waals surface area (Å²) in [6.07, 6.45) is 5.50. The summed E-state index contributed by atoms with van der Waals surface area (Å²) in [5.74, 6) is 0.610. The van der Waals surface area contributed by atoms with Crippen molar-refractivity contribution in [1.82, 2.24) is 15.2 Å². The van der Waals surface area contributed by atoms with Gasteiger partial charge < -0.3 is 15.0 Å². The third kappa shape index (κ3) is 2.54. The third-order valence-corrected chi connectivity index (χ3v) is 3.84. The summed E-state index contributed by atoms with van der Waals surface area (Å²) in [5.41, 5.74) is 2.93. The molecule has 2 aliphatic rings. The van der Waals surface area contributed by atoms with Crippen molar-refractivity contribution in [3.8, 4) is 0 Å². The summed E-state index contributed by atoms with van der Waals surface area (Å²) < 4.78 is 5.49. The molecule has 1 unspecified atom stereocenters. The summed E-state index contributed by atoms with van der Waals surface area (Å²) in [4.78, 5) is 5.79. The Labute approximate surface area is 102 Å². The summed E-state index contributed by atoms with van der Waals surface area (Å²) >= 11 is 0. The molecule has 0 aliphatic carbocycles. The fourth-order valence-corrected chi connectivity index (χ4v) is 2.82. The van der Waals surface area contributed by atoms with Crippen LogP contribution in [0, 0.1) is 0 Å². The minimum absolute atomic E-state index is 0.610. The van der Waals surface area contributed by atoms with Gasteiger partial charge in [0, 0.05) is 57.6 Å². The molecule has 17 heavy (non-hydrogen) atoms. The Morgan fingerprint density at radius 2 is 2.18 bits per heavy atom. The summed E-state index contributed by atoms with van der Waals surface area (Å²) in [6, 6.07) is 0. The Balaban J connectivity index is 1.67. The first-order chi connectivity index (χ1) is 8.43. The number of H-pyrrole nitrogens is 1. The molecule has 3 heterocycles. The molecule has 0 aromatic carbocycles. The molecule has 1 aromatic heterocycles. The first-order valence-electron chi connectivity index (χ1n) is 6.60. The van der Waals surface area contributed by atoms with Crippen molar-refractivity contribution in [3.63, 3.8) is 0 Å². The molecule has 2 aliphatic heterocycles. The minimum atomic E-state index is 0.610. The number of rotatable bonds is 3. The van der Waals surface area contributed by atoms with Gasteiger partial charge in [-0.3, -0.25) is 4.90 Å². The molecular weight excluding hydrogens is 214 g/mol. The van der Waals surface area contributed by atoms with Crippen LogP contribution >= 0.6 is 0 Å². The number of nitrogens with one attached hydrogen (secondary N) is 2. The van der Waals surface area contributed by atoms with E-state index in [0.717, 1.165) is 45.9 Å². The molecule has 3 rings (SSSR count). The third-order valence-electron chi connectivity index (χ3n) is 3.84. The van der Waals surface area contributed by atoms with E-state index in [2.05, 4.69) is 27.6 Å². The van der Waals surface area contributed by atoms with Crippen molar-refractivity contribution in [2.45, 2.75) is 18.9 Å². The molecule has 2 N–H and O–H groups in total. The van der Waals surface area contributed by atoms with Gasteiger partial charge in [-0.25, -0.2) is 0 Å². The lowest BCUT2D eigenvalue weighted by Crippen LogP contribution is -2.43. The zero-order valence-electron chi connectivity index (χ0n) is 10.2. The summed E-state index contributed by atoms with van der Waals surface area (Å²) in [5, 5.41) is 3.39. The van der Waals surface area contributed by atoms with Crippen LogP contribution < -0.4 is 5.32 Å². The topological polar surface area (TPSA) is 40.3 Å². The van der Waals surface area contributed by atoms with Gasteiger partial charge in [0.2, 0.25) is 0 Å². The Morgan fingerprint density at radius 3 is 2.94 bits per heavy atom. The maximum Gasteiger partial charge on any atom is 0.0536 e. The summed E-state index contributed by atoms with van der Waals surface area (Å²) in [6.45, 7) is 7.45. The van der Waals surface area contributed by atoms with Crippen LogP contribution in [0.15, 0.2) is 12.4 Å². The maximum absolute atomic E-state index is 5.49. The van der Waals surface area contributed by atoms with E-state index in [9.17, 15) is 0 Å². The SMILES string of the molecule is c1[nH]cc(C2CCOC2)c1CN1CCNCC1. The second-order valence-corrected chi connectivity index (χ2v) is 5.02. The average Bonchev–Trinajstić information content (AvgIpc) is 3.00. The van der Waals surface area contributed by atoms with Gasteiger partial charge in [-0.2, -0.15) is 0 Å². The van der Waals surface area contributed by atoms with Gasteiger partial charge in [0.05, 0.1) is 6.61 Å². The average molecular weight is 235 g/mol. The molecule has 4 nitrogen and oxygen atoms in total. The lowest BCUT2D eigenvalue weighted by Gasteiger charge is -2.27. The van der Waals surface area contributed by atoms with Gasteiger partial charge in [0.25, 0.3) is 0 Å². The van der Waals surface area contributed by atoms with Gasteiger partial charge in [-0.15, -0.1) is 0 Å². The Hall–Kier alpha value is -0.840. The fourth-order valence-electron chi connectivity index (χ4n) is 2.82. The highest BCUT2D eigenvalue weighted by atomic mass is 16.5. The predicted molar refractivity (Wildman–Crippen MR) is 67.1 cm³/mol. The first kappa shape index (κ1) is 11.3. The number of aromatic amines is 1. The molecule has 1 aromatic rings. The first-order valence-corrected chi connectivity index (χ1v) is 6.60. The Bertz CT molecular complexity index is 351. The number of ether oxygens (including phenoxy) is 1. The molecule has 2 saturated heterocycles. The van der Waals surface area contributed by atoms with Crippen LogP contribution in [0.1, 0.15) is 23.5 Å². The highest BCUT2D eigenvalue weighted by Crippen LogP contribution is 2.28. The normalized spacial score (nSPS) is 26.5. The quantitative estimate of drug-likeness (QED) is 0.818. The number of piperazine rings is 1. The standard InChI is InChI=1S/C13H21N3O/c1-6-17-10-11(1)13-8-15-7-12(13)9-16-4-2-14-3-5-16/h7-8,11,14-15H,1-6,9-10H2. The molecule has 0 radical (unpaired) electrons. The van der Waals surface area contributed by atoms with Gasteiger partial charge >= 0.3 is 0 Å². The molecule has 4 heteroatoms. The lowest BCUT2D eigenvalue weighted by molar-refractivity contribution is 0.193. The van der Waals surface area contributed by atoms with E-state index in [-0.39, 0.29) is 0 Å². The number of hydrogen-bond donors (Lipinski definition) is 2. The maximum atomic E-state index is 5.49. The number of hydrogen-bond acceptors (Lipinski definition) is 3. The smallest absolute Gasteiger partial charge is 0.0536 e. The molecule has 0 saturated carbocycles. The Morgan fingerprint density at radius 1 is 1.29 bits per heavy atom. The highest BCUT2D eigenvalue weighted by molar-refractivity contribution is 5.28. The number of aromatic nitrogens is 1. The van der Waals surface area contributed by atoms with Crippen molar-refractivity contribution >= 4 is 0 Å². The van der Waals surface area contributed by atoms with E-state index in [0.29, 0.717) is 5.92 Å². The van der Waals surface area contributed by atoms with Gasteiger partial charge in [-0.1, -0.05) is 0 Å². The number of nitrogens with zero attached hydrogens (tertiary/aromatic N) is 1. The zero-order valence-corrected chi connectivity index (χ0v) is 10.2. The van der Waals surface area contributed by atoms with E-state index in [4.69, 9.17) is 4.74 Å². The van der Waals surface area contributed by atoms with E-state index in [1.54, 1.807) is 0 Å². The summed E-state index contributed by atoms with van der Waals surface area (Å²) in [7, 11) is 0. The van der Waals surface area contributed by atoms with Crippen LogP contribution in [-0.4, -0.2) is 49.3 Å². The van der Waals surface area contributed by atoms with Crippen LogP contribution in [0.5, 0.6) is 0 Å². The lowest BCUT2D eigenvalue weighted by atomic mass is 9.97. The van der Waals surface area contributed by atoms with Crippen LogP contribution in [-0.2, 0) is 11.3 Å². The van der Waals surface area contributed by atoms with Crippen molar-refractivity contribution in [2.24, 2.45) is 0 Å². The Kier molecular flexibility index (Phi) is 3.45. The van der Waals surface area contributed by atoms with Crippen molar-refractivity contribution < 1.29 is 4.74 Å². The van der Waals surface area contributed by atoms with Crippen LogP contribution in [0.25, 0.3) is 0 Å². The molecule has 1 atom stereocenters. The molecule has 0 bridgehead atoms. The van der Waals surface area contributed by atoms with E-state index < -0.39 is 0 Å². The molecule has 94 valence electrons. The second kappa shape index (κ2) is 5.21. The van der Waals surface area contributed by atoms with Crippen LogP contribution in [0.2, 0.25) is 0 Å². The second-order valence-electron chi connectivity index (χ2n) is 5.02. The molecule has 2 fully saturated rings. The fraction of sp³-hybridized carbons (Fsp3) is 0.692. The molecule has 0 amide bonds. The minimum Gasteiger partial charge on any atom is -0.381 e. The zero-order chi connectivity index (χ0) is 11.5. The van der Waals surface area contributed by atoms with Crippen molar-refractivity contribution in [2.75, 3.05) is 39.4 Å². The van der Waals surface area contributed by atoms with E-state index >= 15 is 0 Å². The predicted octanol–water partition coefficient (Wildman–Crippen LogP) is 0.924. The van der Waals surface area contributed by atoms with Gasteiger partial charge in [0.1, 0.15) is 0 Å². The highest BCUT2D eigenvalue weighted by Gasteiger charge is 2.22. The molecular formula is C13H21N3O. The van der Waals surface area contributed by atoms with Crippen molar-refractivity contribution in [3.05, 3.63) is 23.5 Å². The van der Waals surface area contributed by atoms with Gasteiger partial charge in [0.15, 0.2) is 0 Å².